The maximum atomic E-state index is 8.88. The van der Waals surface area contributed by atoms with Gasteiger partial charge in [0.25, 0.3) is 0 Å². The maximum absolute atomic E-state index is 8.88. The molecule has 0 radical (unpaired) electrons. The third-order valence-electron chi connectivity index (χ3n) is 0. The molecule has 0 aromatic rings. The van der Waals surface area contributed by atoms with Crippen LogP contribution in [0.3, 0.4) is 0 Å². The Morgan fingerprint density at radius 3 is 1.00 bits per heavy atom. The summed E-state index contributed by atoms with van der Waals surface area (Å²) in [5, 5.41) is 0. The number of hydrogen-bond donors (Lipinski definition) is 3. The molecule has 4 nitrogen and oxygen atoms in total. The van der Waals surface area contributed by atoms with Crippen LogP contribution in [0.2, 0.25) is 0 Å². The van der Waals surface area contributed by atoms with Gasteiger partial charge in [-0.3, -0.25) is 0 Å². The molecule has 0 saturated carbocycles. The van der Waals surface area contributed by atoms with Gasteiger partial charge in [-0.15, -0.1) is 0 Å². The van der Waals surface area contributed by atoms with Crippen molar-refractivity contribution in [2.24, 2.45) is 0 Å². The van der Waals surface area contributed by atoms with Crippen molar-refractivity contribution in [3.05, 3.63) is 0 Å². The van der Waals surface area contributed by atoms with Crippen LogP contribution in [-0.2, 0) is 4.57 Å². The molecule has 0 saturated heterocycles. The van der Waals surface area contributed by atoms with Gasteiger partial charge in [0.2, 0.25) is 0 Å². The van der Waals surface area contributed by atoms with E-state index in [9.17, 15) is 0 Å². The van der Waals surface area contributed by atoms with Gasteiger partial charge in [0, 0.05) is 0 Å². The van der Waals surface area contributed by atoms with E-state index in [-0.39, 0.29) is 69.0 Å². The van der Waals surface area contributed by atoms with E-state index in [4.69, 9.17) is 19.2 Å². The summed E-state index contributed by atoms with van der Waals surface area (Å²) in [6, 6.07) is 0. The van der Waals surface area contributed by atoms with E-state index in [0.29, 0.717) is 0 Å². The predicted octanol–water partition coefficient (Wildman–Crippen LogP) is -2.17. The molecule has 0 rings (SSSR count). The first kappa shape index (κ1) is 22.4. The average Bonchev–Trinajstić information content (AvgIpc) is 0.722. The molecule has 0 aromatic carbocycles. The summed E-state index contributed by atoms with van der Waals surface area (Å²) in [5.41, 5.74) is 0. The van der Waals surface area contributed by atoms with E-state index in [1.54, 1.807) is 0 Å². The average molecular weight is 180 g/mol. The zero-order valence-electron chi connectivity index (χ0n) is 2.90. The molecular weight excluding hydrogens is 172 g/mol. The molecule has 3 N–H and O–H groups in total. The molecule has 0 bridgehead atoms. The van der Waals surface area contributed by atoms with Crippen molar-refractivity contribution < 1.29 is 19.2 Å². The van der Waals surface area contributed by atoms with E-state index in [1.807, 2.05) is 0 Å². The van der Waals surface area contributed by atoms with Gasteiger partial charge in [0.15, 0.2) is 0 Å². The summed E-state index contributed by atoms with van der Waals surface area (Å²) in [6.45, 7) is 0. The van der Waals surface area contributed by atoms with Gasteiger partial charge in [-0.25, -0.2) is 4.57 Å². The fourth-order valence-electron chi connectivity index (χ4n) is 0. The van der Waals surface area contributed by atoms with Crippen LogP contribution in [0.5, 0.6) is 0 Å². The number of phosphoric acid groups is 1. The minimum atomic E-state index is -4.64. The van der Waals surface area contributed by atoms with Crippen LogP contribution >= 0.6 is 17.7 Å². The summed E-state index contributed by atoms with van der Waals surface area (Å²) in [4.78, 5) is 21.6. The van der Waals surface area contributed by atoms with Crippen molar-refractivity contribution in [1.82, 2.24) is 0 Å². The third-order valence-corrected chi connectivity index (χ3v) is 0. The zero-order valence-corrected chi connectivity index (χ0v) is 5.21. The Labute approximate surface area is 94.9 Å². The Morgan fingerprint density at radius 2 is 1.00 bits per heavy atom. The molecular formula is H8Na2O4P2. The fraction of sp³-hybridized carbons (Fsp3) is 0. The van der Waals surface area contributed by atoms with Gasteiger partial charge in [-0.1, -0.05) is 0 Å². The van der Waals surface area contributed by atoms with Gasteiger partial charge in [0.1, 0.15) is 0 Å². The van der Waals surface area contributed by atoms with Crippen LogP contribution in [0, 0.1) is 0 Å². The second-order valence-electron chi connectivity index (χ2n) is 0.513. The van der Waals surface area contributed by atoms with Crippen molar-refractivity contribution in [1.29, 1.82) is 0 Å². The Morgan fingerprint density at radius 1 is 1.00 bits per heavy atom. The first-order valence-electron chi connectivity index (χ1n) is 0.783. The van der Waals surface area contributed by atoms with Crippen molar-refractivity contribution in [3.63, 3.8) is 0 Å². The van der Waals surface area contributed by atoms with Gasteiger partial charge < -0.3 is 14.7 Å². The quantitative estimate of drug-likeness (QED) is 0.293. The van der Waals surface area contributed by atoms with E-state index < -0.39 is 7.82 Å². The van der Waals surface area contributed by atoms with Gasteiger partial charge in [0.05, 0.1) is 0 Å². The molecule has 0 aliphatic carbocycles. The number of rotatable bonds is 0. The number of hydrogen-bond acceptors (Lipinski definition) is 1. The Balaban J connectivity index is -0.0000000267. The molecule has 0 spiro atoms. The summed E-state index contributed by atoms with van der Waals surface area (Å²) in [6.07, 6.45) is 0. The standard InChI is InChI=1S/2Na.H3O4P.H3P.2H/c;;1-5(2,3)4;;;/h;;(H3,1,2,3,4);1H3;;. The van der Waals surface area contributed by atoms with E-state index in [2.05, 4.69) is 0 Å². The zero-order chi connectivity index (χ0) is 4.50. The monoisotopic (exact) mass is 180 g/mol. The Bertz CT molecular complexity index is 58.2. The fourth-order valence-corrected chi connectivity index (χ4v) is 0. The minimum absolute atomic E-state index is 0. The molecule has 0 aromatic heterocycles. The second-order valence-corrected chi connectivity index (χ2v) is 1.54. The molecule has 0 amide bonds. The summed E-state index contributed by atoms with van der Waals surface area (Å²) in [7, 11) is -4.64. The van der Waals surface area contributed by atoms with Crippen molar-refractivity contribution >= 4 is 76.8 Å². The van der Waals surface area contributed by atoms with Crippen LogP contribution in [0.25, 0.3) is 0 Å². The molecule has 44 valence electrons. The van der Waals surface area contributed by atoms with Crippen LogP contribution in [0.4, 0.5) is 0 Å². The molecule has 0 fully saturated rings. The van der Waals surface area contributed by atoms with Crippen LogP contribution in [0.15, 0.2) is 0 Å². The van der Waals surface area contributed by atoms with Crippen LogP contribution in [0.1, 0.15) is 0 Å². The topological polar surface area (TPSA) is 77.8 Å². The summed E-state index contributed by atoms with van der Waals surface area (Å²) in [5.74, 6) is 0. The van der Waals surface area contributed by atoms with Crippen molar-refractivity contribution in [3.8, 4) is 0 Å². The molecule has 8 heavy (non-hydrogen) atoms. The van der Waals surface area contributed by atoms with Gasteiger partial charge in [-0.2, -0.15) is 9.90 Å². The first-order chi connectivity index (χ1) is 2.00. The van der Waals surface area contributed by atoms with Crippen molar-refractivity contribution in [2.45, 2.75) is 0 Å². The summed E-state index contributed by atoms with van der Waals surface area (Å²) < 4.78 is 8.88. The Hall–Kier alpha value is 2.54. The van der Waals surface area contributed by atoms with Crippen LogP contribution in [-0.4, -0.2) is 73.8 Å². The molecule has 0 aliphatic rings. The molecule has 0 heterocycles. The molecule has 8 heteroatoms. The molecule has 1 atom stereocenters. The Kier molecular flexibility index (Phi) is 26.7. The predicted molar refractivity (Wildman–Crippen MR) is 39.7 cm³/mol. The van der Waals surface area contributed by atoms with E-state index >= 15 is 0 Å². The van der Waals surface area contributed by atoms with Gasteiger partial charge >= 0.3 is 66.9 Å². The molecule has 0 aliphatic heterocycles. The SMILES string of the molecule is O=P(O)(O)O.P.[NaH].[NaH]. The normalized spacial score (nSPS) is 7.38. The second kappa shape index (κ2) is 9.54. The molecule has 1 unspecified atom stereocenters. The van der Waals surface area contributed by atoms with Gasteiger partial charge in [-0.05, 0) is 0 Å². The third kappa shape index (κ3) is 75.3. The van der Waals surface area contributed by atoms with E-state index in [0.717, 1.165) is 0 Å². The van der Waals surface area contributed by atoms with E-state index in [1.165, 1.54) is 0 Å². The first-order valence-corrected chi connectivity index (χ1v) is 2.35. The summed E-state index contributed by atoms with van der Waals surface area (Å²) >= 11 is 0. The van der Waals surface area contributed by atoms with Crippen molar-refractivity contribution in [2.75, 3.05) is 0 Å². The van der Waals surface area contributed by atoms with Crippen LogP contribution < -0.4 is 0 Å².